The van der Waals surface area contributed by atoms with E-state index >= 15 is 0 Å². The Kier molecular flexibility index (Phi) is 7.10. The van der Waals surface area contributed by atoms with Gasteiger partial charge in [0.2, 0.25) is 5.88 Å². The van der Waals surface area contributed by atoms with Gasteiger partial charge in [0.25, 0.3) is 5.56 Å². The Balaban J connectivity index is 0.00000300. The molecule has 0 atom stereocenters. The fourth-order valence-corrected chi connectivity index (χ4v) is 2.68. The Morgan fingerprint density at radius 2 is 1.93 bits per heavy atom. The van der Waals surface area contributed by atoms with Crippen LogP contribution in [0.15, 0.2) is 29.2 Å². The molecule has 0 aliphatic carbocycles. The first-order valence-corrected chi connectivity index (χ1v) is 8.55. The molecule has 0 saturated heterocycles. The molecule has 2 heterocycles. The van der Waals surface area contributed by atoms with Crippen LogP contribution in [0, 0.1) is 25.5 Å². The quantitative estimate of drug-likeness (QED) is 0.650. The van der Waals surface area contributed by atoms with Crippen LogP contribution in [0.3, 0.4) is 0 Å². The number of nitrogens with zero attached hydrogens (tertiary/aromatic N) is 4. The highest BCUT2D eigenvalue weighted by atomic mass is 35.5. The molecule has 0 aliphatic heterocycles. The zero-order valence-corrected chi connectivity index (χ0v) is 17.0. The van der Waals surface area contributed by atoms with Gasteiger partial charge in [-0.3, -0.25) is 9.36 Å². The number of hydrogen-bond acceptors (Lipinski definition) is 6. The fourth-order valence-electron chi connectivity index (χ4n) is 2.48. The van der Waals surface area contributed by atoms with E-state index in [1.54, 1.807) is 13.8 Å². The van der Waals surface area contributed by atoms with Gasteiger partial charge in [-0.25, -0.2) is 18.7 Å². The molecule has 7 nitrogen and oxygen atoms in total. The zero-order valence-electron chi connectivity index (χ0n) is 15.4. The number of halogens is 4. The van der Waals surface area contributed by atoms with E-state index in [9.17, 15) is 13.6 Å². The number of aromatic nitrogens is 4. The van der Waals surface area contributed by atoms with Gasteiger partial charge in [0.1, 0.15) is 35.7 Å². The second kappa shape index (κ2) is 9.15. The van der Waals surface area contributed by atoms with Crippen molar-refractivity contribution in [3.05, 3.63) is 74.2 Å². The summed E-state index contributed by atoms with van der Waals surface area (Å²) in [6.07, 6.45) is 1.53. The van der Waals surface area contributed by atoms with E-state index in [0.29, 0.717) is 17.2 Å². The fraction of sp³-hybridized carbons (Fsp3) is 0.222. The maximum atomic E-state index is 13.7. The van der Waals surface area contributed by atoms with E-state index < -0.39 is 17.2 Å². The van der Waals surface area contributed by atoms with Crippen LogP contribution in [0.2, 0.25) is 5.02 Å². The summed E-state index contributed by atoms with van der Waals surface area (Å²) in [6.45, 7) is 3.11. The highest BCUT2D eigenvalue weighted by molar-refractivity contribution is 6.31. The summed E-state index contributed by atoms with van der Waals surface area (Å²) >= 11 is 6.10. The van der Waals surface area contributed by atoms with Crippen molar-refractivity contribution in [1.29, 1.82) is 0 Å². The lowest BCUT2D eigenvalue weighted by Gasteiger charge is -2.14. The van der Waals surface area contributed by atoms with Gasteiger partial charge in [0.05, 0.1) is 6.54 Å². The van der Waals surface area contributed by atoms with Crippen molar-refractivity contribution in [2.24, 2.45) is 0 Å². The van der Waals surface area contributed by atoms with Crippen LogP contribution in [0.1, 0.15) is 22.8 Å². The van der Waals surface area contributed by atoms with Crippen molar-refractivity contribution in [3.8, 4) is 5.88 Å². The van der Waals surface area contributed by atoms with E-state index in [4.69, 9.17) is 22.1 Å². The molecule has 0 amide bonds. The van der Waals surface area contributed by atoms with Gasteiger partial charge in [-0.15, -0.1) is 12.4 Å². The molecule has 0 aliphatic rings. The summed E-state index contributed by atoms with van der Waals surface area (Å²) in [5.74, 6) is -0.534. The normalized spacial score (nSPS) is 10.5. The first-order valence-electron chi connectivity index (χ1n) is 8.18. The molecule has 29 heavy (non-hydrogen) atoms. The summed E-state index contributed by atoms with van der Waals surface area (Å²) in [4.78, 5) is 24.9. The van der Waals surface area contributed by atoms with Gasteiger partial charge in [-0.1, -0.05) is 11.6 Å². The van der Waals surface area contributed by atoms with E-state index in [-0.39, 0.29) is 47.8 Å². The van der Waals surface area contributed by atoms with Crippen LogP contribution in [0.5, 0.6) is 5.88 Å². The molecule has 2 aromatic heterocycles. The standard InChI is InChI=1S/C18H16ClF2N5O2.ClH/c1-9-23-6-12(16(22)24-9)7-26-10(2)25-17(15(19)18(26)27)28-8-11-3-4-13(20)5-14(11)21;/h3-6H,7-8H2,1-2H3,(H2,22,23,24);1H. The molecular formula is C18H17Cl2F2N5O2. The number of hydrogen-bond donors (Lipinski definition) is 1. The molecule has 0 saturated carbocycles. The van der Waals surface area contributed by atoms with E-state index in [0.717, 1.165) is 12.1 Å². The molecule has 0 unspecified atom stereocenters. The van der Waals surface area contributed by atoms with Crippen molar-refractivity contribution in [2.45, 2.75) is 27.0 Å². The predicted octanol–water partition coefficient (Wildman–Crippen LogP) is 3.21. The van der Waals surface area contributed by atoms with Gasteiger partial charge in [-0.05, 0) is 26.0 Å². The molecule has 0 fully saturated rings. The summed E-state index contributed by atoms with van der Waals surface area (Å²) in [5, 5.41) is -0.264. The molecule has 3 aromatic rings. The Bertz CT molecular complexity index is 1110. The predicted molar refractivity (Wildman–Crippen MR) is 106 cm³/mol. The lowest BCUT2D eigenvalue weighted by Crippen LogP contribution is -2.26. The number of ether oxygens (including phenoxy) is 1. The van der Waals surface area contributed by atoms with Crippen LogP contribution < -0.4 is 16.0 Å². The largest absolute Gasteiger partial charge is 0.471 e. The minimum absolute atomic E-state index is 0. The SMILES string of the molecule is Cc1ncc(Cn2c(C)nc(OCc3ccc(F)cc3F)c(Cl)c2=O)c(N)n1.Cl. The smallest absolute Gasteiger partial charge is 0.276 e. The van der Waals surface area contributed by atoms with Crippen LogP contribution in [0.4, 0.5) is 14.6 Å². The molecule has 0 radical (unpaired) electrons. The molecule has 0 bridgehead atoms. The number of aryl methyl sites for hydroxylation is 2. The van der Waals surface area contributed by atoms with Crippen molar-refractivity contribution in [1.82, 2.24) is 19.5 Å². The van der Waals surface area contributed by atoms with Crippen molar-refractivity contribution in [3.63, 3.8) is 0 Å². The molecule has 154 valence electrons. The van der Waals surface area contributed by atoms with Crippen LogP contribution >= 0.6 is 24.0 Å². The topological polar surface area (TPSA) is 95.9 Å². The molecule has 3 rings (SSSR count). The monoisotopic (exact) mass is 443 g/mol. The molecule has 0 spiro atoms. The average molecular weight is 444 g/mol. The van der Waals surface area contributed by atoms with Gasteiger partial charge >= 0.3 is 0 Å². The third-order valence-electron chi connectivity index (χ3n) is 4.00. The average Bonchev–Trinajstić information content (AvgIpc) is 2.63. The van der Waals surface area contributed by atoms with E-state index in [1.807, 2.05) is 0 Å². The third kappa shape index (κ3) is 4.99. The minimum Gasteiger partial charge on any atom is -0.471 e. The number of nitrogen functional groups attached to an aromatic ring is 1. The van der Waals surface area contributed by atoms with Crippen molar-refractivity contribution < 1.29 is 13.5 Å². The Labute approximate surface area is 175 Å². The maximum Gasteiger partial charge on any atom is 0.276 e. The Morgan fingerprint density at radius 3 is 2.59 bits per heavy atom. The second-order valence-electron chi connectivity index (χ2n) is 6.02. The minimum atomic E-state index is -0.768. The Hall–Kier alpha value is -2.78. The van der Waals surface area contributed by atoms with Gasteiger partial charge in [0.15, 0.2) is 5.02 Å². The van der Waals surface area contributed by atoms with Crippen LogP contribution in [-0.4, -0.2) is 19.5 Å². The highest BCUT2D eigenvalue weighted by Crippen LogP contribution is 2.21. The molecule has 11 heteroatoms. The lowest BCUT2D eigenvalue weighted by molar-refractivity contribution is 0.285. The van der Waals surface area contributed by atoms with Gasteiger partial charge < -0.3 is 10.5 Å². The Morgan fingerprint density at radius 1 is 1.21 bits per heavy atom. The first-order chi connectivity index (χ1) is 13.3. The maximum absolute atomic E-state index is 13.7. The summed E-state index contributed by atoms with van der Waals surface area (Å²) < 4.78 is 33.4. The van der Waals surface area contributed by atoms with E-state index in [2.05, 4.69) is 15.0 Å². The molecular weight excluding hydrogens is 427 g/mol. The van der Waals surface area contributed by atoms with Gasteiger partial charge in [-0.2, -0.15) is 4.98 Å². The summed E-state index contributed by atoms with van der Waals surface area (Å²) in [6, 6.07) is 3.09. The number of anilines is 1. The summed E-state index contributed by atoms with van der Waals surface area (Å²) in [5.41, 5.74) is 5.96. The molecule has 2 N–H and O–H groups in total. The second-order valence-corrected chi connectivity index (χ2v) is 6.40. The number of nitrogens with two attached hydrogens (primary N) is 1. The third-order valence-corrected chi connectivity index (χ3v) is 4.32. The van der Waals surface area contributed by atoms with Gasteiger partial charge in [0, 0.05) is 23.4 Å². The lowest BCUT2D eigenvalue weighted by atomic mass is 10.2. The number of rotatable bonds is 5. The highest BCUT2D eigenvalue weighted by Gasteiger charge is 2.16. The van der Waals surface area contributed by atoms with Crippen molar-refractivity contribution >= 4 is 29.8 Å². The number of benzene rings is 1. The molecule has 1 aromatic carbocycles. The van der Waals surface area contributed by atoms with Crippen LogP contribution in [0.25, 0.3) is 0 Å². The van der Waals surface area contributed by atoms with Crippen molar-refractivity contribution in [2.75, 3.05) is 5.73 Å². The first kappa shape index (κ1) is 22.5. The summed E-state index contributed by atoms with van der Waals surface area (Å²) in [7, 11) is 0. The van der Waals surface area contributed by atoms with Crippen LogP contribution in [-0.2, 0) is 13.2 Å². The zero-order chi connectivity index (χ0) is 20.4. The van der Waals surface area contributed by atoms with E-state index in [1.165, 1.54) is 16.8 Å².